The van der Waals surface area contributed by atoms with Crippen molar-refractivity contribution in [3.8, 4) is 0 Å². The van der Waals surface area contributed by atoms with Gasteiger partial charge in [0.2, 0.25) is 0 Å². The van der Waals surface area contributed by atoms with Crippen molar-refractivity contribution in [2.75, 3.05) is 0 Å². The highest BCUT2D eigenvalue weighted by Crippen LogP contribution is 2.39. The minimum atomic E-state index is -0.307. The third-order valence-corrected chi connectivity index (χ3v) is 5.23. The van der Waals surface area contributed by atoms with Gasteiger partial charge in [-0.2, -0.15) is 0 Å². The van der Waals surface area contributed by atoms with Crippen LogP contribution in [0.15, 0.2) is 34.8 Å². The summed E-state index contributed by atoms with van der Waals surface area (Å²) < 4.78 is 1.08. The summed E-state index contributed by atoms with van der Waals surface area (Å²) in [5.74, 6) is 0. The molecule has 2 aromatic carbocycles. The van der Waals surface area contributed by atoms with Crippen LogP contribution in [0.2, 0.25) is 10.0 Å². The van der Waals surface area contributed by atoms with Gasteiger partial charge in [-0.25, -0.2) is 0 Å². The zero-order valence-corrected chi connectivity index (χ0v) is 14.3. The Morgan fingerprint density at radius 3 is 2.37 bits per heavy atom. The molecule has 4 heteroatoms. The molecule has 0 aliphatic carbocycles. The molecule has 0 spiro atoms. The second kappa shape index (κ2) is 6.05. The molecule has 0 nitrogen and oxygen atoms in total. The van der Waals surface area contributed by atoms with Crippen molar-refractivity contribution in [1.82, 2.24) is 0 Å². The van der Waals surface area contributed by atoms with E-state index in [1.54, 1.807) is 6.07 Å². The van der Waals surface area contributed by atoms with E-state index in [-0.39, 0.29) is 5.38 Å². The highest BCUT2D eigenvalue weighted by atomic mass is 79.9. The zero-order chi connectivity index (χ0) is 14.2. The first kappa shape index (κ1) is 15.2. The van der Waals surface area contributed by atoms with Crippen molar-refractivity contribution in [3.63, 3.8) is 0 Å². The molecule has 19 heavy (non-hydrogen) atoms. The minimum Gasteiger partial charge on any atom is -0.113 e. The third-order valence-electron chi connectivity index (χ3n) is 3.07. The molecule has 0 aromatic heterocycles. The average molecular weight is 379 g/mol. The SMILES string of the molecule is Cc1cc(C(Cl)c2cccc(Cl)c2Cl)c(C)cc1Br. The lowest BCUT2D eigenvalue weighted by atomic mass is 9.98. The fourth-order valence-electron chi connectivity index (χ4n) is 1.96. The van der Waals surface area contributed by atoms with Crippen LogP contribution in [-0.4, -0.2) is 0 Å². The lowest BCUT2D eigenvalue weighted by molar-refractivity contribution is 1.10. The molecule has 1 atom stereocenters. The predicted molar refractivity (Wildman–Crippen MR) is 87.8 cm³/mol. The fraction of sp³-hybridized carbons (Fsp3) is 0.200. The lowest BCUT2D eigenvalue weighted by Gasteiger charge is -2.17. The van der Waals surface area contributed by atoms with E-state index in [2.05, 4.69) is 28.1 Å². The summed E-state index contributed by atoms with van der Waals surface area (Å²) in [4.78, 5) is 0. The maximum absolute atomic E-state index is 6.58. The number of alkyl halides is 1. The molecule has 2 aromatic rings. The van der Waals surface area contributed by atoms with Gasteiger partial charge in [-0.05, 0) is 48.2 Å². The molecule has 0 saturated heterocycles. The molecule has 2 rings (SSSR count). The van der Waals surface area contributed by atoms with E-state index >= 15 is 0 Å². The van der Waals surface area contributed by atoms with Crippen LogP contribution in [0.3, 0.4) is 0 Å². The molecule has 0 fully saturated rings. The van der Waals surface area contributed by atoms with Crippen LogP contribution in [0.5, 0.6) is 0 Å². The van der Waals surface area contributed by atoms with E-state index in [4.69, 9.17) is 34.8 Å². The van der Waals surface area contributed by atoms with Gasteiger partial charge in [0.25, 0.3) is 0 Å². The molecule has 0 saturated carbocycles. The van der Waals surface area contributed by atoms with Gasteiger partial charge in [-0.1, -0.05) is 57.3 Å². The molecule has 100 valence electrons. The van der Waals surface area contributed by atoms with Crippen molar-refractivity contribution in [3.05, 3.63) is 67.1 Å². The molecule has 1 unspecified atom stereocenters. The van der Waals surface area contributed by atoms with E-state index in [9.17, 15) is 0 Å². The molecular weight excluding hydrogens is 366 g/mol. The highest BCUT2D eigenvalue weighted by molar-refractivity contribution is 9.10. The highest BCUT2D eigenvalue weighted by Gasteiger charge is 2.18. The zero-order valence-electron chi connectivity index (χ0n) is 10.5. The first-order valence-electron chi connectivity index (χ1n) is 5.76. The van der Waals surface area contributed by atoms with Crippen LogP contribution in [0, 0.1) is 13.8 Å². The van der Waals surface area contributed by atoms with Crippen LogP contribution >= 0.6 is 50.7 Å². The summed E-state index contributed by atoms with van der Waals surface area (Å²) in [5.41, 5.74) is 4.14. The van der Waals surface area contributed by atoms with Crippen molar-refractivity contribution in [2.45, 2.75) is 19.2 Å². The van der Waals surface area contributed by atoms with E-state index in [0.29, 0.717) is 10.0 Å². The van der Waals surface area contributed by atoms with E-state index in [0.717, 1.165) is 26.7 Å². The smallest absolute Gasteiger partial charge is 0.0852 e. The fourth-order valence-corrected chi connectivity index (χ4v) is 3.31. The summed E-state index contributed by atoms with van der Waals surface area (Å²) >= 11 is 22.4. The van der Waals surface area contributed by atoms with E-state index < -0.39 is 0 Å². The number of rotatable bonds is 2. The van der Waals surface area contributed by atoms with Gasteiger partial charge in [0.15, 0.2) is 0 Å². The minimum absolute atomic E-state index is 0.307. The Morgan fingerprint density at radius 1 is 1.00 bits per heavy atom. The van der Waals surface area contributed by atoms with E-state index in [1.165, 1.54) is 0 Å². The second-order valence-corrected chi connectivity index (χ2v) is 6.54. The first-order valence-corrected chi connectivity index (χ1v) is 7.75. The van der Waals surface area contributed by atoms with Crippen molar-refractivity contribution in [2.24, 2.45) is 0 Å². The summed E-state index contributed by atoms with van der Waals surface area (Å²) in [6.07, 6.45) is 0. The molecule has 0 heterocycles. The average Bonchev–Trinajstić information content (AvgIpc) is 2.36. The Morgan fingerprint density at radius 2 is 1.68 bits per heavy atom. The Kier molecular flexibility index (Phi) is 4.84. The summed E-state index contributed by atoms with van der Waals surface area (Å²) in [6, 6.07) is 9.67. The predicted octanol–water partition coefficient (Wildman–Crippen LogP) is 6.70. The first-order chi connectivity index (χ1) is 8.91. The van der Waals surface area contributed by atoms with Gasteiger partial charge in [0, 0.05) is 4.47 Å². The number of hydrogen-bond donors (Lipinski definition) is 0. The molecule has 0 N–H and O–H groups in total. The van der Waals surface area contributed by atoms with Crippen LogP contribution in [0.4, 0.5) is 0 Å². The maximum atomic E-state index is 6.58. The third kappa shape index (κ3) is 3.11. The standard InChI is InChI=1S/C15H12BrCl3/c1-8-7-12(16)9(2)6-11(8)14(18)10-4-3-5-13(17)15(10)19/h3-7,14H,1-2H3. The molecule has 0 aliphatic heterocycles. The quantitative estimate of drug-likeness (QED) is 0.510. The largest absolute Gasteiger partial charge is 0.113 e. The van der Waals surface area contributed by atoms with Crippen molar-refractivity contribution < 1.29 is 0 Å². The number of hydrogen-bond acceptors (Lipinski definition) is 0. The lowest BCUT2D eigenvalue weighted by Crippen LogP contribution is -1.99. The Bertz CT molecular complexity index is 623. The van der Waals surface area contributed by atoms with E-state index in [1.807, 2.05) is 26.0 Å². The van der Waals surface area contributed by atoms with Crippen LogP contribution in [0.25, 0.3) is 0 Å². The van der Waals surface area contributed by atoms with Crippen molar-refractivity contribution >= 4 is 50.7 Å². The number of benzene rings is 2. The van der Waals surface area contributed by atoms with Crippen LogP contribution in [-0.2, 0) is 0 Å². The second-order valence-electron chi connectivity index (χ2n) is 4.46. The Balaban J connectivity index is 2.53. The van der Waals surface area contributed by atoms with Crippen molar-refractivity contribution in [1.29, 1.82) is 0 Å². The van der Waals surface area contributed by atoms with Gasteiger partial charge < -0.3 is 0 Å². The summed E-state index contributed by atoms with van der Waals surface area (Å²) in [5, 5.41) is 0.735. The Labute approximate surface area is 136 Å². The van der Waals surface area contributed by atoms with Crippen LogP contribution in [0.1, 0.15) is 27.6 Å². The Hall–Kier alpha value is -0.210. The normalized spacial score (nSPS) is 12.5. The maximum Gasteiger partial charge on any atom is 0.0852 e. The molecule has 0 aliphatic rings. The van der Waals surface area contributed by atoms with Gasteiger partial charge in [-0.3, -0.25) is 0 Å². The molecule has 0 radical (unpaired) electrons. The van der Waals surface area contributed by atoms with Crippen LogP contribution < -0.4 is 0 Å². The van der Waals surface area contributed by atoms with Gasteiger partial charge in [0.1, 0.15) is 0 Å². The molecule has 0 bridgehead atoms. The monoisotopic (exact) mass is 376 g/mol. The number of halogens is 4. The molecule has 0 amide bonds. The molecular formula is C15H12BrCl3. The van der Waals surface area contributed by atoms with Gasteiger partial charge in [-0.15, -0.1) is 11.6 Å². The van der Waals surface area contributed by atoms with Gasteiger partial charge in [0.05, 0.1) is 15.4 Å². The summed E-state index contributed by atoms with van der Waals surface area (Å²) in [7, 11) is 0. The topological polar surface area (TPSA) is 0 Å². The van der Waals surface area contributed by atoms with Gasteiger partial charge >= 0.3 is 0 Å². The summed E-state index contributed by atoms with van der Waals surface area (Å²) in [6.45, 7) is 4.07. The number of aryl methyl sites for hydroxylation is 2.